The molecule has 0 bridgehead atoms. The van der Waals surface area contributed by atoms with Gasteiger partial charge in [0.2, 0.25) is 0 Å². The number of esters is 1. The van der Waals surface area contributed by atoms with Gasteiger partial charge in [-0.1, -0.05) is 36.4 Å². The van der Waals surface area contributed by atoms with Crippen molar-refractivity contribution in [1.29, 1.82) is 0 Å². The number of carbonyl (C=O) groups excluding carboxylic acids is 1. The number of hydrogen-bond acceptors (Lipinski definition) is 7. The van der Waals surface area contributed by atoms with E-state index >= 15 is 0 Å². The predicted molar refractivity (Wildman–Crippen MR) is 114 cm³/mol. The zero-order valence-corrected chi connectivity index (χ0v) is 18.5. The zero-order valence-electron chi connectivity index (χ0n) is 16.8. The Morgan fingerprint density at radius 1 is 1.13 bits per heavy atom. The molecule has 0 atom stereocenters. The lowest BCUT2D eigenvalue weighted by molar-refractivity contribution is 0.0522. The molecule has 3 rings (SSSR count). The van der Waals surface area contributed by atoms with Crippen molar-refractivity contribution in [2.45, 2.75) is 22.7 Å². The lowest BCUT2D eigenvalue weighted by atomic mass is 10.2. The topological polar surface area (TPSA) is 94.4 Å². The third-order valence-corrected chi connectivity index (χ3v) is 6.97. The highest BCUT2D eigenvalue weighted by atomic mass is 32.2. The zero-order chi connectivity index (χ0) is 21.7. The van der Waals surface area contributed by atoms with Gasteiger partial charge in [-0.15, -0.1) is 11.8 Å². The van der Waals surface area contributed by atoms with Crippen LogP contribution in [0.1, 0.15) is 22.8 Å². The van der Waals surface area contributed by atoms with Crippen LogP contribution in [0.25, 0.3) is 5.82 Å². The molecule has 0 aliphatic rings. The minimum absolute atomic E-state index is 0.0998. The molecule has 0 radical (unpaired) electrons. The summed E-state index contributed by atoms with van der Waals surface area (Å²) in [5.74, 6) is 0.398. The molecule has 10 heteroatoms. The highest BCUT2D eigenvalue weighted by Gasteiger charge is 2.23. The van der Waals surface area contributed by atoms with Crippen LogP contribution in [-0.2, 0) is 20.5 Å². The molecule has 0 N–H and O–H groups in total. The van der Waals surface area contributed by atoms with E-state index in [1.165, 1.54) is 42.8 Å². The summed E-state index contributed by atoms with van der Waals surface area (Å²) in [5.41, 5.74) is 1.38. The number of pyridine rings is 1. The Morgan fingerprint density at radius 2 is 1.87 bits per heavy atom. The molecule has 0 spiro atoms. The number of rotatable bonds is 8. The van der Waals surface area contributed by atoms with Crippen molar-refractivity contribution in [3.05, 3.63) is 65.9 Å². The van der Waals surface area contributed by atoms with Crippen LogP contribution in [0.5, 0.6) is 0 Å². The number of aromatic nitrogens is 3. The maximum atomic E-state index is 12.5. The van der Waals surface area contributed by atoms with Crippen molar-refractivity contribution in [3.63, 3.8) is 0 Å². The number of hydrogen-bond donors (Lipinski definition) is 0. The first-order valence-electron chi connectivity index (χ1n) is 9.16. The van der Waals surface area contributed by atoms with E-state index in [2.05, 4.69) is 10.1 Å². The third-order valence-electron chi connectivity index (χ3n) is 4.11. The summed E-state index contributed by atoms with van der Waals surface area (Å²) >= 11 is 1.40. The van der Waals surface area contributed by atoms with Crippen molar-refractivity contribution in [2.75, 3.05) is 20.7 Å². The molecule has 0 fully saturated rings. The minimum atomic E-state index is -3.71. The Bertz CT molecular complexity index is 1130. The van der Waals surface area contributed by atoms with Crippen LogP contribution in [0.4, 0.5) is 0 Å². The Morgan fingerprint density at radius 3 is 2.53 bits per heavy atom. The first-order chi connectivity index (χ1) is 14.3. The molecule has 0 saturated heterocycles. The largest absolute Gasteiger partial charge is 0.462 e. The van der Waals surface area contributed by atoms with E-state index in [-0.39, 0.29) is 11.6 Å². The van der Waals surface area contributed by atoms with Gasteiger partial charge >= 0.3 is 5.97 Å². The molecule has 3 aromatic rings. The van der Waals surface area contributed by atoms with Crippen LogP contribution in [0.3, 0.4) is 0 Å². The summed E-state index contributed by atoms with van der Waals surface area (Å²) in [4.78, 5) is 16.7. The van der Waals surface area contributed by atoms with Gasteiger partial charge in [-0.3, -0.25) is 0 Å². The smallest absolute Gasteiger partial charge is 0.342 e. The lowest BCUT2D eigenvalue weighted by Crippen LogP contribution is -2.23. The Hall–Kier alpha value is -2.69. The van der Waals surface area contributed by atoms with Gasteiger partial charge in [-0.25, -0.2) is 27.2 Å². The molecule has 30 heavy (non-hydrogen) atoms. The van der Waals surface area contributed by atoms with Crippen LogP contribution < -0.4 is 0 Å². The summed E-state index contributed by atoms with van der Waals surface area (Å²) in [6, 6.07) is 14.4. The second-order valence-electron chi connectivity index (χ2n) is 6.39. The average molecular weight is 447 g/mol. The summed E-state index contributed by atoms with van der Waals surface area (Å²) < 4.78 is 32.6. The summed E-state index contributed by atoms with van der Waals surface area (Å²) in [6.45, 7) is 1.97. The van der Waals surface area contributed by atoms with E-state index in [9.17, 15) is 13.2 Å². The molecule has 0 saturated carbocycles. The SMILES string of the molecule is CCOC(=O)c1cnn(-c2cccc(S(=O)(=O)N(C)C)n2)c1SCc1ccccc1. The fraction of sp³-hybridized carbons (Fsp3) is 0.250. The van der Waals surface area contributed by atoms with Crippen molar-refractivity contribution < 1.29 is 17.9 Å². The molecule has 2 heterocycles. The monoisotopic (exact) mass is 446 g/mol. The summed E-state index contributed by atoms with van der Waals surface area (Å²) in [5, 5.41) is 4.73. The second-order valence-corrected chi connectivity index (χ2v) is 9.45. The van der Waals surface area contributed by atoms with Crippen molar-refractivity contribution in [3.8, 4) is 5.82 Å². The van der Waals surface area contributed by atoms with Crippen molar-refractivity contribution >= 4 is 27.8 Å². The van der Waals surface area contributed by atoms with E-state index < -0.39 is 16.0 Å². The average Bonchev–Trinajstić information content (AvgIpc) is 3.17. The Labute approximate surface area is 179 Å². The highest BCUT2D eigenvalue weighted by Crippen LogP contribution is 2.29. The third kappa shape index (κ3) is 4.72. The number of sulfonamides is 1. The van der Waals surface area contributed by atoms with Gasteiger partial charge in [0, 0.05) is 19.8 Å². The molecular formula is C20H22N4O4S2. The summed E-state index contributed by atoms with van der Waals surface area (Å²) in [7, 11) is -0.827. The number of nitrogens with zero attached hydrogens (tertiary/aromatic N) is 4. The first-order valence-corrected chi connectivity index (χ1v) is 11.6. The van der Waals surface area contributed by atoms with Crippen molar-refractivity contribution in [1.82, 2.24) is 19.1 Å². The number of ether oxygens (including phenoxy) is 1. The molecule has 2 aromatic heterocycles. The number of thioether (sulfide) groups is 1. The van der Waals surface area contributed by atoms with Crippen LogP contribution >= 0.6 is 11.8 Å². The molecule has 0 aliphatic carbocycles. The Balaban J connectivity index is 2.03. The first kappa shape index (κ1) is 22.0. The van der Waals surface area contributed by atoms with E-state index in [0.717, 1.165) is 9.87 Å². The van der Waals surface area contributed by atoms with Crippen LogP contribution in [0.15, 0.2) is 64.8 Å². The van der Waals surface area contributed by atoms with Gasteiger partial charge in [0.1, 0.15) is 10.6 Å². The highest BCUT2D eigenvalue weighted by molar-refractivity contribution is 7.98. The van der Waals surface area contributed by atoms with Crippen LogP contribution in [-0.4, -0.2) is 54.2 Å². The lowest BCUT2D eigenvalue weighted by Gasteiger charge is -2.12. The number of carbonyl (C=O) groups is 1. The van der Waals surface area contributed by atoms with E-state index in [4.69, 9.17) is 4.74 Å². The maximum Gasteiger partial charge on any atom is 0.342 e. The summed E-state index contributed by atoms with van der Waals surface area (Å²) in [6.07, 6.45) is 1.42. The fourth-order valence-corrected chi connectivity index (χ4v) is 4.45. The maximum absolute atomic E-state index is 12.5. The van der Waals surface area contributed by atoms with Gasteiger partial charge in [-0.2, -0.15) is 5.10 Å². The normalized spacial score (nSPS) is 11.6. The minimum Gasteiger partial charge on any atom is -0.462 e. The molecule has 0 aliphatic heterocycles. The van der Waals surface area contributed by atoms with Gasteiger partial charge in [0.15, 0.2) is 10.8 Å². The molecular weight excluding hydrogens is 424 g/mol. The predicted octanol–water partition coefficient (Wildman–Crippen LogP) is 2.99. The molecule has 158 valence electrons. The van der Waals surface area contributed by atoms with E-state index in [1.807, 2.05) is 30.3 Å². The van der Waals surface area contributed by atoms with E-state index in [1.54, 1.807) is 19.1 Å². The second kappa shape index (κ2) is 9.41. The van der Waals surface area contributed by atoms with Gasteiger partial charge in [-0.05, 0) is 24.6 Å². The molecule has 0 amide bonds. The van der Waals surface area contributed by atoms with E-state index in [0.29, 0.717) is 22.2 Å². The molecule has 0 unspecified atom stereocenters. The quantitative estimate of drug-likeness (QED) is 0.388. The van der Waals surface area contributed by atoms with Crippen LogP contribution in [0.2, 0.25) is 0 Å². The van der Waals surface area contributed by atoms with Gasteiger partial charge < -0.3 is 4.74 Å². The van der Waals surface area contributed by atoms with Crippen molar-refractivity contribution in [2.24, 2.45) is 0 Å². The molecule has 1 aromatic carbocycles. The number of benzene rings is 1. The fourth-order valence-electron chi connectivity index (χ4n) is 2.57. The van der Waals surface area contributed by atoms with Crippen LogP contribution in [0, 0.1) is 0 Å². The molecule has 8 nitrogen and oxygen atoms in total. The Kier molecular flexibility index (Phi) is 6.91. The van der Waals surface area contributed by atoms with Gasteiger partial charge in [0.25, 0.3) is 10.0 Å². The standard InChI is InChI=1S/C20H22N4O4S2/c1-4-28-20(25)16-13-21-24(19(16)29-14-15-9-6-5-7-10-15)17-11-8-12-18(22-17)30(26,27)23(2)3/h5-13H,4,14H2,1-3H3. The van der Waals surface area contributed by atoms with Gasteiger partial charge in [0.05, 0.1) is 12.8 Å².